The normalized spacial score (nSPS) is 10.5. The van der Waals surface area contributed by atoms with E-state index in [0.29, 0.717) is 10.6 Å². The van der Waals surface area contributed by atoms with E-state index in [9.17, 15) is 4.79 Å². The summed E-state index contributed by atoms with van der Waals surface area (Å²) in [6.07, 6.45) is 0. The summed E-state index contributed by atoms with van der Waals surface area (Å²) in [5.74, 6) is 0.0300. The summed E-state index contributed by atoms with van der Waals surface area (Å²) in [7, 11) is 0. The van der Waals surface area contributed by atoms with Gasteiger partial charge in [-0.05, 0) is 31.9 Å². The van der Waals surface area contributed by atoms with Crippen molar-refractivity contribution in [1.82, 2.24) is 0 Å². The fourth-order valence-electron chi connectivity index (χ4n) is 1.90. The number of thiophene rings is 1. The molecule has 1 aromatic heterocycles. The molecule has 17 heavy (non-hydrogen) atoms. The minimum absolute atomic E-state index is 0.0300. The molecule has 0 bridgehead atoms. The summed E-state index contributed by atoms with van der Waals surface area (Å²) >= 11 is 1.48. The summed E-state index contributed by atoms with van der Waals surface area (Å²) in [5, 5.41) is 0.619. The molecule has 2 rings (SSSR count). The maximum atomic E-state index is 12.4. The van der Waals surface area contributed by atoms with Crippen LogP contribution in [-0.4, -0.2) is 5.78 Å². The molecule has 0 spiro atoms. The lowest BCUT2D eigenvalue weighted by Gasteiger charge is -2.05. The number of nitrogen functional groups attached to an aromatic ring is 1. The van der Waals surface area contributed by atoms with Crippen molar-refractivity contribution in [1.29, 1.82) is 0 Å². The average Bonchev–Trinajstić information content (AvgIpc) is 2.53. The molecule has 2 aromatic rings. The van der Waals surface area contributed by atoms with E-state index in [2.05, 4.69) is 0 Å². The highest BCUT2D eigenvalue weighted by Crippen LogP contribution is 2.31. The van der Waals surface area contributed by atoms with Crippen LogP contribution in [0.2, 0.25) is 0 Å². The van der Waals surface area contributed by atoms with Crippen molar-refractivity contribution in [3.05, 3.63) is 51.4 Å². The molecule has 0 fully saturated rings. The number of ketones is 1. The van der Waals surface area contributed by atoms with Gasteiger partial charge in [-0.3, -0.25) is 4.79 Å². The quantitative estimate of drug-likeness (QED) is 0.823. The molecule has 0 aliphatic heterocycles. The van der Waals surface area contributed by atoms with E-state index in [4.69, 9.17) is 5.73 Å². The molecular formula is C14H15NOS. The molecule has 0 saturated heterocycles. The van der Waals surface area contributed by atoms with Crippen molar-refractivity contribution < 1.29 is 4.79 Å². The zero-order valence-electron chi connectivity index (χ0n) is 10.2. The zero-order chi connectivity index (χ0) is 12.6. The molecule has 88 valence electrons. The third kappa shape index (κ3) is 1.98. The maximum Gasteiger partial charge on any atom is 0.196 e. The molecule has 0 unspecified atom stereocenters. The molecule has 2 nitrogen and oxygen atoms in total. The van der Waals surface area contributed by atoms with Gasteiger partial charge in [0, 0.05) is 10.4 Å². The maximum absolute atomic E-state index is 12.4. The van der Waals surface area contributed by atoms with E-state index in [1.165, 1.54) is 11.3 Å². The number of hydrogen-bond donors (Lipinski definition) is 1. The van der Waals surface area contributed by atoms with Crippen LogP contribution in [0.3, 0.4) is 0 Å². The molecule has 0 radical (unpaired) electrons. The second-order valence-electron chi connectivity index (χ2n) is 4.17. The van der Waals surface area contributed by atoms with Crippen LogP contribution in [0.4, 0.5) is 5.00 Å². The second-order valence-corrected chi connectivity index (χ2v) is 5.42. The van der Waals surface area contributed by atoms with Crippen LogP contribution in [0.5, 0.6) is 0 Å². The summed E-state index contributed by atoms with van der Waals surface area (Å²) in [5.41, 5.74) is 9.32. The third-order valence-corrected chi connectivity index (χ3v) is 4.07. The molecule has 2 N–H and O–H groups in total. The van der Waals surface area contributed by atoms with Gasteiger partial charge in [0.1, 0.15) is 0 Å². The second kappa shape index (κ2) is 4.34. The molecule has 1 aromatic carbocycles. The summed E-state index contributed by atoms with van der Waals surface area (Å²) in [6.45, 7) is 5.89. The van der Waals surface area contributed by atoms with E-state index in [1.807, 2.05) is 45.0 Å². The van der Waals surface area contributed by atoms with Crippen LogP contribution in [0, 0.1) is 20.8 Å². The van der Waals surface area contributed by atoms with Crippen LogP contribution in [-0.2, 0) is 0 Å². The van der Waals surface area contributed by atoms with E-state index < -0.39 is 0 Å². The molecule has 0 aliphatic carbocycles. The molecule has 0 saturated carbocycles. The molecular weight excluding hydrogens is 230 g/mol. The van der Waals surface area contributed by atoms with Crippen LogP contribution in [0.1, 0.15) is 31.9 Å². The highest BCUT2D eigenvalue weighted by Gasteiger charge is 2.19. The summed E-state index contributed by atoms with van der Waals surface area (Å²) in [4.78, 5) is 13.6. The Morgan fingerprint density at radius 3 is 2.35 bits per heavy atom. The van der Waals surface area contributed by atoms with Gasteiger partial charge in [0.05, 0.1) is 10.6 Å². The minimum Gasteiger partial charge on any atom is -0.390 e. The Kier molecular flexibility index (Phi) is 3.03. The number of carbonyl (C=O) groups is 1. The highest BCUT2D eigenvalue weighted by molar-refractivity contribution is 7.16. The predicted molar refractivity (Wildman–Crippen MR) is 72.8 cm³/mol. The lowest BCUT2D eigenvalue weighted by Crippen LogP contribution is -2.06. The molecule has 1 heterocycles. The predicted octanol–water partition coefficient (Wildman–Crippen LogP) is 3.49. The lowest BCUT2D eigenvalue weighted by atomic mass is 9.98. The van der Waals surface area contributed by atoms with Crippen LogP contribution in [0.25, 0.3) is 0 Å². The van der Waals surface area contributed by atoms with Gasteiger partial charge in [0.15, 0.2) is 5.78 Å². The van der Waals surface area contributed by atoms with E-state index in [1.54, 1.807) is 0 Å². The van der Waals surface area contributed by atoms with Gasteiger partial charge >= 0.3 is 0 Å². The number of nitrogens with two attached hydrogens (primary N) is 1. The fourth-order valence-corrected chi connectivity index (χ4v) is 2.83. The largest absolute Gasteiger partial charge is 0.390 e. The van der Waals surface area contributed by atoms with E-state index in [0.717, 1.165) is 21.6 Å². The van der Waals surface area contributed by atoms with Gasteiger partial charge in [-0.25, -0.2) is 0 Å². The van der Waals surface area contributed by atoms with Gasteiger partial charge in [0.25, 0.3) is 0 Å². The number of aryl methyl sites for hydroxylation is 2. The SMILES string of the molecule is Cc1ccccc1C(=O)c1c(N)sc(C)c1C. The first-order valence-corrected chi connectivity index (χ1v) is 6.29. The number of anilines is 1. The molecule has 0 aliphatic rings. The number of hydrogen-bond acceptors (Lipinski definition) is 3. The first-order valence-electron chi connectivity index (χ1n) is 5.48. The minimum atomic E-state index is 0.0300. The highest BCUT2D eigenvalue weighted by atomic mass is 32.1. The summed E-state index contributed by atoms with van der Waals surface area (Å²) < 4.78 is 0. The van der Waals surface area contributed by atoms with Crippen molar-refractivity contribution >= 4 is 22.1 Å². The van der Waals surface area contributed by atoms with Crippen LogP contribution >= 0.6 is 11.3 Å². The zero-order valence-corrected chi connectivity index (χ0v) is 11.0. The Labute approximate surface area is 105 Å². The smallest absolute Gasteiger partial charge is 0.196 e. The Morgan fingerprint density at radius 2 is 1.82 bits per heavy atom. The Morgan fingerprint density at radius 1 is 1.18 bits per heavy atom. The van der Waals surface area contributed by atoms with E-state index >= 15 is 0 Å². The monoisotopic (exact) mass is 245 g/mol. The molecule has 0 amide bonds. The molecule has 3 heteroatoms. The number of rotatable bonds is 2. The van der Waals surface area contributed by atoms with Crippen LogP contribution in [0.15, 0.2) is 24.3 Å². The topological polar surface area (TPSA) is 43.1 Å². The lowest BCUT2D eigenvalue weighted by molar-refractivity contribution is 0.103. The van der Waals surface area contributed by atoms with Gasteiger partial charge in [-0.2, -0.15) is 0 Å². The van der Waals surface area contributed by atoms with Crippen molar-refractivity contribution in [2.75, 3.05) is 5.73 Å². The Hall–Kier alpha value is -1.61. The summed E-state index contributed by atoms with van der Waals surface area (Å²) in [6, 6.07) is 7.60. The van der Waals surface area contributed by atoms with Gasteiger partial charge in [-0.1, -0.05) is 24.3 Å². The third-order valence-electron chi connectivity index (χ3n) is 3.03. The van der Waals surface area contributed by atoms with E-state index in [-0.39, 0.29) is 5.78 Å². The van der Waals surface area contributed by atoms with Crippen molar-refractivity contribution in [3.63, 3.8) is 0 Å². The Bertz CT molecular complexity index is 584. The van der Waals surface area contributed by atoms with Crippen LogP contribution < -0.4 is 5.73 Å². The Balaban J connectivity index is 2.55. The standard InChI is InChI=1S/C14H15NOS/c1-8-6-4-5-7-11(8)13(16)12-9(2)10(3)17-14(12)15/h4-7H,15H2,1-3H3. The first kappa shape index (κ1) is 11.9. The molecule has 0 atom stereocenters. The first-order chi connectivity index (χ1) is 8.02. The van der Waals surface area contributed by atoms with Gasteiger partial charge in [-0.15, -0.1) is 11.3 Å². The number of carbonyl (C=O) groups excluding carboxylic acids is 1. The van der Waals surface area contributed by atoms with Crippen molar-refractivity contribution in [3.8, 4) is 0 Å². The van der Waals surface area contributed by atoms with Gasteiger partial charge < -0.3 is 5.73 Å². The van der Waals surface area contributed by atoms with Gasteiger partial charge in [0.2, 0.25) is 0 Å². The fraction of sp³-hybridized carbons (Fsp3) is 0.214. The average molecular weight is 245 g/mol. The number of benzene rings is 1. The van der Waals surface area contributed by atoms with Crippen molar-refractivity contribution in [2.45, 2.75) is 20.8 Å². The van der Waals surface area contributed by atoms with Crippen molar-refractivity contribution in [2.24, 2.45) is 0 Å².